The van der Waals surface area contributed by atoms with Crippen LogP contribution in [0.4, 0.5) is 5.69 Å². The first-order chi connectivity index (χ1) is 9.94. The first-order valence-electron chi connectivity index (χ1n) is 6.78. The van der Waals surface area contributed by atoms with Crippen molar-refractivity contribution < 1.29 is 8.42 Å². The maximum atomic E-state index is 12.1. The van der Waals surface area contributed by atoms with Crippen LogP contribution in [0, 0.1) is 0 Å². The Hall–Kier alpha value is -1.52. The Morgan fingerprint density at radius 3 is 2.33 bits per heavy atom. The molecule has 2 aromatic rings. The van der Waals surface area contributed by atoms with E-state index in [1.54, 1.807) is 25.1 Å². The number of hydrogen-bond donors (Lipinski definition) is 1. The molecular formula is C16H18ClNO2S. The third kappa shape index (κ3) is 3.77. The maximum absolute atomic E-state index is 12.1. The average Bonchev–Trinajstić information content (AvgIpc) is 2.48. The Balaban J connectivity index is 2.30. The molecule has 5 heteroatoms. The normalized spacial score (nSPS) is 12.9. The van der Waals surface area contributed by atoms with Crippen molar-refractivity contribution in [2.75, 3.05) is 11.1 Å². The average molecular weight is 324 g/mol. The van der Waals surface area contributed by atoms with Gasteiger partial charge in [-0.05, 0) is 36.8 Å². The summed E-state index contributed by atoms with van der Waals surface area (Å²) in [4.78, 5) is 0.341. The van der Waals surface area contributed by atoms with Crippen molar-refractivity contribution in [2.45, 2.75) is 24.8 Å². The molecule has 112 valence electrons. The fourth-order valence-electron chi connectivity index (χ4n) is 2.08. The summed E-state index contributed by atoms with van der Waals surface area (Å²) in [5, 5.41) is 3.94. The third-order valence-corrected chi connectivity index (χ3v) is 5.38. The molecule has 1 atom stereocenters. The zero-order valence-electron chi connectivity index (χ0n) is 12.0. The summed E-state index contributed by atoms with van der Waals surface area (Å²) in [5.41, 5.74) is 1.67. The minimum absolute atomic E-state index is 0.0181. The molecule has 0 aliphatic rings. The van der Waals surface area contributed by atoms with E-state index in [1.807, 2.05) is 37.3 Å². The molecule has 0 radical (unpaired) electrons. The topological polar surface area (TPSA) is 46.2 Å². The lowest BCUT2D eigenvalue weighted by molar-refractivity contribution is 0.597. The Morgan fingerprint density at radius 1 is 1.10 bits per heavy atom. The van der Waals surface area contributed by atoms with E-state index in [1.165, 1.54) is 0 Å². The first-order valence-corrected chi connectivity index (χ1v) is 8.81. The van der Waals surface area contributed by atoms with Crippen LogP contribution in [-0.4, -0.2) is 14.2 Å². The fraction of sp³-hybridized carbons (Fsp3) is 0.250. The molecule has 0 bridgehead atoms. The molecule has 2 rings (SSSR count). The second-order valence-electron chi connectivity index (χ2n) is 4.82. The van der Waals surface area contributed by atoms with E-state index in [0.29, 0.717) is 15.6 Å². The van der Waals surface area contributed by atoms with Crippen LogP contribution in [-0.2, 0) is 9.84 Å². The lowest BCUT2D eigenvalue weighted by atomic mass is 10.1. The standard InChI is InChI=1S/C16H18ClNO2S/c1-3-21(19,20)16-7-5-4-6-15(16)18-12(2)13-8-10-14(17)11-9-13/h4-12,18H,3H2,1-2H3. The molecule has 0 saturated carbocycles. The third-order valence-electron chi connectivity index (χ3n) is 3.34. The highest BCUT2D eigenvalue weighted by molar-refractivity contribution is 7.91. The highest BCUT2D eigenvalue weighted by atomic mass is 35.5. The largest absolute Gasteiger partial charge is 0.377 e. The molecule has 0 spiro atoms. The summed E-state index contributed by atoms with van der Waals surface area (Å²) < 4.78 is 24.3. The van der Waals surface area contributed by atoms with Gasteiger partial charge in [0.1, 0.15) is 0 Å². The summed E-state index contributed by atoms with van der Waals surface area (Å²) >= 11 is 5.88. The number of benzene rings is 2. The van der Waals surface area contributed by atoms with E-state index in [0.717, 1.165) is 5.56 Å². The number of hydrogen-bond acceptors (Lipinski definition) is 3. The fourth-order valence-corrected chi connectivity index (χ4v) is 3.27. The predicted molar refractivity (Wildman–Crippen MR) is 87.7 cm³/mol. The van der Waals surface area contributed by atoms with E-state index < -0.39 is 9.84 Å². The van der Waals surface area contributed by atoms with Gasteiger partial charge in [0.05, 0.1) is 16.3 Å². The molecular weight excluding hydrogens is 306 g/mol. The Bertz CT molecular complexity index is 711. The number of halogens is 1. The molecule has 3 nitrogen and oxygen atoms in total. The highest BCUT2D eigenvalue weighted by Crippen LogP contribution is 2.27. The van der Waals surface area contributed by atoms with Crippen molar-refractivity contribution >= 4 is 27.1 Å². The Kier molecular flexibility index (Phi) is 4.91. The SMILES string of the molecule is CCS(=O)(=O)c1ccccc1NC(C)c1ccc(Cl)cc1. The van der Waals surface area contributed by atoms with Crippen LogP contribution < -0.4 is 5.32 Å². The summed E-state index contributed by atoms with van der Waals surface area (Å²) in [6, 6.07) is 14.5. The van der Waals surface area contributed by atoms with Gasteiger partial charge in [-0.1, -0.05) is 42.8 Å². The highest BCUT2D eigenvalue weighted by Gasteiger charge is 2.17. The van der Waals surface area contributed by atoms with Crippen LogP contribution in [0.1, 0.15) is 25.5 Å². The summed E-state index contributed by atoms with van der Waals surface area (Å²) in [6.07, 6.45) is 0. The van der Waals surface area contributed by atoms with E-state index in [9.17, 15) is 8.42 Å². The second kappa shape index (κ2) is 6.50. The Morgan fingerprint density at radius 2 is 1.71 bits per heavy atom. The van der Waals surface area contributed by atoms with Crippen molar-refractivity contribution in [3.63, 3.8) is 0 Å². The molecule has 0 heterocycles. The summed E-state index contributed by atoms with van der Waals surface area (Å²) in [6.45, 7) is 3.63. The van der Waals surface area contributed by atoms with E-state index in [2.05, 4.69) is 5.32 Å². The van der Waals surface area contributed by atoms with E-state index in [-0.39, 0.29) is 11.8 Å². The van der Waals surface area contributed by atoms with E-state index >= 15 is 0 Å². The van der Waals surface area contributed by atoms with Crippen LogP contribution in [0.25, 0.3) is 0 Å². The maximum Gasteiger partial charge on any atom is 0.180 e. The van der Waals surface area contributed by atoms with Crippen molar-refractivity contribution in [2.24, 2.45) is 0 Å². The van der Waals surface area contributed by atoms with Crippen molar-refractivity contribution in [3.8, 4) is 0 Å². The van der Waals surface area contributed by atoms with Gasteiger partial charge in [0, 0.05) is 11.1 Å². The van der Waals surface area contributed by atoms with Crippen LogP contribution >= 0.6 is 11.6 Å². The van der Waals surface area contributed by atoms with Crippen molar-refractivity contribution in [3.05, 3.63) is 59.1 Å². The number of anilines is 1. The van der Waals surface area contributed by atoms with Crippen LogP contribution in [0.2, 0.25) is 5.02 Å². The predicted octanol–water partition coefficient (Wildman–Crippen LogP) is 4.31. The quantitative estimate of drug-likeness (QED) is 0.892. The lowest BCUT2D eigenvalue weighted by Gasteiger charge is -2.18. The summed E-state index contributed by atoms with van der Waals surface area (Å²) in [5.74, 6) is 0.0843. The van der Waals surface area contributed by atoms with Crippen molar-refractivity contribution in [1.29, 1.82) is 0 Å². The molecule has 1 unspecified atom stereocenters. The zero-order valence-corrected chi connectivity index (χ0v) is 13.6. The lowest BCUT2D eigenvalue weighted by Crippen LogP contribution is -2.12. The van der Waals surface area contributed by atoms with Crippen LogP contribution in [0.5, 0.6) is 0 Å². The van der Waals surface area contributed by atoms with Gasteiger partial charge in [-0.25, -0.2) is 8.42 Å². The number of rotatable bonds is 5. The van der Waals surface area contributed by atoms with Gasteiger partial charge < -0.3 is 5.32 Å². The molecule has 21 heavy (non-hydrogen) atoms. The summed E-state index contributed by atoms with van der Waals surface area (Å²) in [7, 11) is -3.25. The monoisotopic (exact) mass is 323 g/mol. The Labute approximate surface area is 130 Å². The molecule has 0 aliphatic carbocycles. The van der Waals surface area contributed by atoms with Crippen LogP contribution in [0.15, 0.2) is 53.4 Å². The van der Waals surface area contributed by atoms with Gasteiger partial charge >= 0.3 is 0 Å². The molecule has 1 N–H and O–H groups in total. The molecule has 0 saturated heterocycles. The van der Waals surface area contributed by atoms with Gasteiger partial charge in [-0.3, -0.25) is 0 Å². The second-order valence-corrected chi connectivity index (χ2v) is 7.50. The van der Waals surface area contributed by atoms with E-state index in [4.69, 9.17) is 11.6 Å². The van der Waals surface area contributed by atoms with Crippen LogP contribution in [0.3, 0.4) is 0 Å². The van der Waals surface area contributed by atoms with Gasteiger partial charge in [0.25, 0.3) is 0 Å². The number of nitrogens with one attached hydrogen (secondary N) is 1. The van der Waals surface area contributed by atoms with Gasteiger partial charge in [0.2, 0.25) is 0 Å². The smallest absolute Gasteiger partial charge is 0.180 e. The van der Waals surface area contributed by atoms with Crippen molar-refractivity contribution in [1.82, 2.24) is 0 Å². The molecule has 0 fully saturated rings. The number of sulfone groups is 1. The molecule has 0 amide bonds. The first kappa shape index (κ1) is 15.9. The van der Waals surface area contributed by atoms with Gasteiger partial charge in [-0.2, -0.15) is 0 Å². The van der Waals surface area contributed by atoms with Gasteiger partial charge in [0.15, 0.2) is 9.84 Å². The molecule has 0 aromatic heterocycles. The zero-order chi connectivity index (χ0) is 15.5. The van der Waals surface area contributed by atoms with Gasteiger partial charge in [-0.15, -0.1) is 0 Å². The molecule has 0 aliphatic heterocycles. The minimum atomic E-state index is -3.25. The molecule has 2 aromatic carbocycles. The number of para-hydroxylation sites is 1. The minimum Gasteiger partial charge on any atom is -0.377 e.